The van der Waals surface area contributed by atoms with Crippen LogP contribution in [0.3, 0.4) is 0 Å². The van der Waals surface area contributed by atoms with Crippen LogP contribution in [0.4, 0.5) is 10.1 Å². The largest absolute Gasteiger partial charge is 0.497 e. The lowest BCUT2D eigenvalue weighted by Gasteiger charge is -2.30. The summed E-state index contributed by atoms with van der Waals surface area (Å²) in [6.45, 7) is 1.91. The SMILES string of the molecule is CCC(C(=O)NCc1ccc(F)cc1)N(c1cccc(OC)c1)S(C)(=O)=O. The van der Waals surface area contributed by atoms with E-state index < -0.39 is 22.0 Å². The van der Waals surface area contributed by atoms with Crippen LogP contribution >= 0.6 is 0 Å². The molecule has 0 bridgehead atoms. The van der Waals surface area contributed by atoms with Gasteiger partial charge < -0.3 is 10.1 Å². The first-order valence-corrected chi connectivity index (χ1v) is 10.3. The number of nitrogens with one attached hydrogen (secondary N) is 1. The molecule has 0 heterocycles. The van der Waals surface area contributed by atoms with E-state index in [9.17, 15) is 17.6 Å². The van der Waals surface area contributed by atoms with Crippen LogP contribution in [0.15, 0.2) is 48.5 Å². The zero-order chi connectivity index (χ0) is 20.0. The minimum atomic E-state index is -3.72. The minimum absolute atomic E-state index is 0.172. The van der Waals surface area contributed by atoms with E-state index in [4.69, 9.17) is 4.74 Å². The van der Waals surface area contributed by atoms with E-state index in [-0.39, 0.29) is 18.8 Å². The quantitative estimate of drug-likeness (QED) is 0.747. The molecule has 2 rings (SSSR count). The average molecular weight is 394 g/mol. The predicted octanol–water partition coefficient (Wildman–Crippen LogP) is 2.70. The van der Waals surface area contributed by atoms with Crippen LogP contribution < -0.4 is 14.4 Å². The number of rotatable bonds is 8. The molecule has 1 N–H and O–H groups in total. The smallest absolute Gasteiger partial charge is 0.244 e. The van der Waals surface area contributed by atoms with Crippen LogP contribution in [0, 0.1) is 5.82 Å². The Balaban J connectivity index is 2.25. The van der Waals surface area contributed by atoms with Crippen molar-refractivity contribution in [1.29, 1.82) is 0 Å². The summed E-state index contributed by atoms with van der Waals surface area (Å²) in [7, 11) is -2.24. The highest BCUT2D eigenvalue weighted by Gasteiger charge is 2.31. The summed E-state index contributed by atoms with van der Waals surface area (Å²) in [5.74, 6) is -0.310. The second kappa shape index (κ2) is 8.85. The Morgan fingerprint density at radius 1 is 1.22 bits per heavy atom. The van der Waals surface area contributed by atoms with Gasteiger partial charge in [-0.25, -0.2) is 12.8 Å². The van der Waals surface area contributed by atoms with Crippen LogP contribution in [-0.4, -0.2) is 33.7 Å². The summed E-state index contributed by atoms with van der Waals surface area (Å²) < 4.78 is 44.1. The zero-order valence-corrected chi connectivity index (χ0v) is 16.3. The van der Waals surface area contributed by atoms with Gasteiger partial charge in [-0.05, 0) is 36.2 Å². The van der Waals surface area contributed by atoms with Gasteiger partial charge in [-0.15, -0.1) is 0 Å². The number of sulfonamides is 1. The number of carbonyl (C=O) groups is 1. The van der Waals surface area contributed by atoms with Crippen LogP contribution in [0.5, 0.6) is 5.75 Å². The predicted molar refractivity (Wildman–Crippen MR) is 103 cm³/mol. The molecule has 2 aromatic rings. The number of ether oxygens (including phenoxy) is 1. The molecule has 146 valence electrons. The number of methoxy groups -OCH3 is 1. The molecule has 1 atom stereocenters. The second-order valence-corrected chi connectivity index (χ2v) is 7.89. The van der Waals surface area contributed by atoms with Gasteiger partial charge in [0.1, 0.15) is 17.6 Å². The van der Waals surface area contributed by atoms with Gasteiger partial charge in [-0.2, -0.15) is 0 Å². The summed E-state index contributed by atoms with van der Waals surface area (Å²) >= 11 is 0. The molecule has 1 unspecified atom stereocenters. The molecule has 0 aliphatic heterocycles. The molecule has 0 aliphatic rings. The molecule has 8 heteroatoms. The van der Waals surface area contributed by atoms with Gasteiger partial charge in [0.15, 0.2) is 0 Å². The normalized spacial score (nSPS) is 12.3. The average Bonchev–Trinajstić information content (AvgIpc) is 2.64. The first-order chi connectivity index (χ1) is 12.8. The summed E-state index contributed by atoms with van der Waals surface area (Å²) in [4.78, 5) is 12.7. The van der Waals surface area contributed by atoms with E-state index >= 15 is 0 Å². The van der Waals surface area contributed by atoms with Gasteiger partial charge in [-0.1, -0.05) is 25.1 Å². The molecular weight excluding hydrogens is 371 g/mol. The molecular formula is C19H23FN2O4S. The lowest BCUT2D eigenvalue weighted by molar-refractivity contribution is -0.122. The van der Waals surface area contributed by atoms with E-state index in [1.807, 2.05) is 0 Å². The number of hydrogen-bond donors (Lipinski definition) is 1. The van der Waals surface area contributed by atoms with Crippen molar-refractivity contribution < 1.29 is 22.3 Å². The third kappa shape index (κ3) is 5.43. The molecule has 0 saturated carbocycles. The van der Waals surface area contributed by atoms with Gasteiger partial charge in [0, 0.05) is 12.6 Å². The van der Waals surface area contributed by atoms with Gasteiger partial charge in [0.05, 0.1) is 19.1 Å². The maximum Gasteiger partial charge on any atom is 0.244 e. The molecule has 0 aliphatic carbocycles. The van der Waals surface area contributed by atoms with Crippen molar-refractivity contribution in [2.45, 2.75) is 25.9 Å². The van der Waals surface area contributed by atoms with E-state index in [1.165, 1.54) is 19.2 Å². The Kier molecular flexibility index (Phi) is 6.79. The fourth-order valence-corrected chi connectivity index (χ4v) is 3.92. The third-order valence-electron chi connectivity index (χ3n) is 4.02. The van der Waals surface area contributed by atoms with Crippen molar-refractivity contribution in [1.82, 2.24) is 5.32 Å². The van der Waals surface area contributed by atoms with Crippen molar-refractivity contribution in [3.63, 3.8) is 0 Å². The Morgan fingerprint density at radius 3 is 2.44 bits per heavy atom. The van der Waals surface area contributed by atoms with Crippen LogP contribution in [0.25, 0.3) is 0 Å². The van der Waals surface area contributed by atoms with Crippen LogP contribution in [0.1, 0.15) is 18.9 Å². The van der Waals surface area contributed by atoms with Crippen molar-refractivity contribution in [2.24, 2.45) is 0 Å². The fraction of sp³-hybridized carbons (Fsp3) is 0.316. The molecule has 0 aromatic heterocycles. The highest BCUT2D eigenvalue weighted by molar-refractivity contribution is 7.92. The van der Waals surface area contributed by atoms with Gasteiger partial charge >= 0.3 is 0 Å². The first kappa shape index (κ1) is 20.7. The maximum atomic E-state index is 13.0. The van der Waals surface area contributed by atoms with Crippen molar-refractivity contribution in [3.8, 4) is 5.75 Å². The summed E-state index contributed by atoms with van der Waals surface area (Å²) in [5, 5.41) is 2.72. The standard InChI is InChI=1S/C19H23FN2O4S/c1-4-18(19(23)21-13-14-8-10-15(20)11-9-14)22(27(3,24)25)16-6-5-7-17(12-16)26-2/h5-12,18H,4,13H2,1-3H3,(H,21,23). The highest BCUT2D eigenvalue weighted by Crippen LogP contribution is 2.26. The summed E-state index contributed by atoms with van der Waals surface area (Å²) in [6.07, 6.45) is 1.34. The number of hydrogen-bond acceptors (Lipinski definition) is 4. The molecule has 6 nitrogen and oxygen atoms in total. The lowest BCUT2D eigenvalue weighted by Crippen LogP contribution is -2.49. The Hall–Kier alpha value is -2.61. The molecule has 0 fully saturated rings. The van der Waals surface area contributed by atoms with E-state index in [2.05, 4.69) is 5.32 Å². The third-order valence-corrected chi connectivity index (χ3v) is 5.20. The number of amides is 1. The topological polar surface area (TPSA) is 75.7 Å². The Labute approximate surface area is 159 Å². The molecule has 2 aromatic carbocycles. The Bertz CT molecular complexity index is 885. The molecule has 0 spiro atoms. The molecule has 1 amide bonds. The van der Waals surface area contributed by atoms with Gasteiger partial charge in [-0.3, -0.25) is 9.10 Å². The second-order valence-electron chi connectivity index (χ2n) is 6.03. The monoisotopic (exact) mass is 394 g/mol. The first-order valence-electron chi connectivity index (χ1n) is 8.42. The number of benzene rings is 2. The Morgan fingerprint density at radius 2 is 1.89 bits per heavy atom. The molecule has 0 saturated heterocycles. The number of carbonyl (C=O) groups excluding carboxylic acids is 1. The summed E-state index contributed by atoms with van der Waals surface area (Å²) in [5.41, 5.74) is 1.06. The van der Waals surface area contributed by atoms with Crippen LogP contribution in [0.2, 0.25) is 0 Å². The number of anilines is 1. The maximum absolute atomic E-state index is 13.0. The highest BCUT2D eigenvalue weighted by atomic mass is 32.2. The summed E-state index contributed by atoms with van der Waals surface area (Å²) in [6, 6.07) is 11.3. The van der Waals surface area contributed by atoms with Crippen molar-refractivity contribution in [2.75, 3.05) is 17.7 Å². The molecule has 27 heavy (non-hydrogen) atoms. The van der Waals surface area contributed by atoms with Gasteiger partial charge in [0.2, 0.25) is 15.9 Å². The minimum Gasteiger partial charge on any atom is -0.497 e. The van der Waals surface area contributed by atoms with E-state index in [0.717, 1.165) is 10.6 Å². The lowest BCUT2D eigenvalue weighted by atomic mass is 10.1. The fourth-order valence-electron chi connectivity index (χ4n) is 2.72. The van der Waals surface area contributed by atoms with E-state index in [0.29, 0.717) is 17.0 Å². The van der Waals surface area contributed by atoms with Crippen molar-refractivity contribution in [3.05, 3.63) is 59.9 Å². The zero-order valence-electron chi connectivity index (χ0n) is 15.5. The van der Waals surface area contributed by atoms with E-state index in [1.54, 1.807) is 43.3 Å². The molecule has 0 radical (unpaired) electrons. The van der Waals surface area contributed by atoms with Gasteiger partial charge in [0.25, 0.3) is 0 Å². The number of nitrogens with zero attached hydrogens (tertiary/aromatic N) is 1. The van der Waals surface area contributed by atoms with Crippen molar-refractivity contribution >= 4 is 21.6 Å². The van der Waals surface area contributed by atoms with Crippen LogP contribution in [-0.2, 0) is 21.4 Å². The number of halogens is 1.